The van der Waals surface area contributed by atoms with E-state index in [1.807, 2.05) is 6.92 Å². The van der Waals surface area contributed by atoms with Crippen molar-refractivity contribution in [2.45, 2.75) is 45.3 Å². The van der Waals surface area contributed by atoms with Crippen LogP contribution in [0.25, 0.3) is 0 Å². The molecule has 4 nitrogen and oxygen atoms in total. The van der Waals surface area contributed by atoms with E-state index in [-0.39, 0.29) is 5.60 Å². The van der Waals surface area contributed by atoms with E-state index in [0.29, 0.717) is 11.9 Å². The van der Waals surface area contributed by atoms with Crippen LogP contribution in [-0.2, 0) is 4.74 Å². The second-order valence-electron chi connectivity index (χ2n) is 4.96. The average Bonchev–Trinajstić information content (AvgIpc) is 2.48. The summed E-state index contributed by atoms with van der Waals surface area (Å²) >= 11 is 1.44. The Labute approximate surface area is 100 Å². The summed E-state index contributed by atoms with van der Waals surface area (Å²) in [4.78, 5) is 0. The summed E-state index contributed by atoms with van der Waals surface area (Å²) in [6.07, 6.45) is 2.06. The second-order valence-corrected chi connectivity index (χ2v) is 5.74. The third-order valence-electron chi connectivity index (χ3n) is 2.99. The summed E-state index contributed by atoms with van der Waals surface area (Å²) in [6.45, 7) is 7.09. The van der Waals surface area contributed by atoms with Gasteiger partial charge in [-0.15, -0.1) is 0 Å². The fourth-order valence-corrected chi connectivity index (χ4v) is 2.81. The Morgan fingerprint density at radius 2 is 2.31 bits per heavy atom. The number of nitrogens with one attached hydrogen (secondary N) is 1. The lowest BCUT2D eigenvalue weighted by Gasteiger charge is -2.36. The van der Waals surface area contributed by atoms with Crippen molar-refractivity contribution >= 4 is 22.4 Å². The van der Waals surface area contributed by atoms with Gasteiger partial charge in [0.15, 0.2) is 0 Å². The fourth-order valence-electron chi connectivity index (χ4n) is 2.02. The highest BCUT2D eigenvalue weighted by molar-refractivity contribution is 7.10. The number of nitrogens with zero attached hydrogens (tertiary/aromatic N) is 1. The minimum absolute atomic E-state index is 0.0277. The summed E-state index contributed by atoms with van der Waals surface area (Å²) in [7, 11) is 0. The predicted octanol–water partition coefficient (Wildman–Crippen LogP) is 2.40. The van der Waals surface area contributed by atoms with Crippen molar-refractivity contribution in [2.75, 3.05) is 17.7 Å². The molecular weight excluding hydrogens is 222 g/mol. The van der Waals surface area contributed by atoms with Crippen molar-refractivity contribution in [3.05, 3.63) is 5.56 Å². The number of rotatable bonds is 2. The van der Waals surface area contributed by atoms with Gasteiger partial charge >= 0.3 is 0 Å². The molecule has 0 amide bonds. The molecule has 0 bridgehead atoms. The number of nitrogens with two attached hydrogens (primary N) is 1. The van der Waals surface area contributed by atoms with Crippen LogP contribution in [0.15, 0.2) is 0 Å². The molecule has 1 unspecified atom stereocenters. The van der Waals surface area contributed by atoms with E-state index in [1.165, 1.54) is 11.5 Å². The Bertz CT molecular complexity index is 375. The molecule has 1 fully saturated rings. The van der Waals surface area contributed by atoms with Gasteiger partial charge in [0, 0.05) is 18.2 Å². The van der Waals surface area contributed by atoms with Crippen LogP contribution in [0.2, 0.25) is 0 Å². The van der Waals surface area contributed by atoms with Crippen LogP contribution in [0.3, 0.4) is 0 Å². The average molecular weight is 241 g/mol. The highest BCUT2D eigenvalue weighted by atomic mass is 32.1. The molecule has 0 spiro atoms. The first-order chi connectivity index (χ1) is 7.48. The Morgan fingerprint density at radius 1 is 1.56 bits per heavy atom. The van der Waals surface area contributed by atoms with E-state index >= 15 is 0 Å². The van der Waals surface area contributed by atoms with Crippen LogP contribution < -0.4 is 11.1 Å². The van der Waals surface area contributed by atoms with E-state index in [1.54, 1.807) is 0 Å². The smallest absolute Gasteiger partial charge is 0.142 e. The Hall–Kier alpha value is -0.810. The Kier molecular flexibility index (Phi) is 3.08. The molecule has 1 atom stereocenters. The molecule has 1 aliphatic rings. The summed E-state index contributed by atoms with van der Waals surface area (Å²) in [6, 6.07) is 0.460. The third-order valence-corrected chi connectivity index (χ3v) is 3.89. The van der Waals surface area contributed by atoms with Crippen molar-refractivity contribution in [3.8, 4) is 0 Å². The van der Waals surface area contributed by atoms with Crippen LogP contribution in [0.4, 0.5) is 10.8 Å². The second kappa shape index (κ2) is 4.22. The quantitative estimate of drug-likeness (QED) is 0.834. The SMILES string of the molecule is Cc1c(N)nsc1NC1CCOC(C)(C)C1. The van der Waals surface area contributed by atoms with Crippen molar-refractivity contribution in [1.29, 1.82) is 0 Å². The van der Waals surface area contributed by atoms with E-state index in [2.05, 4.69) is 23.5 Å². The van der Waals surface area contributed by atoms with Gasteiger partial charge in [-0.1, -0.05) is 0 Å². The van der Waals surface area contributed by atoms with E-state index in [9.17, 15) is 0 Å². The molecule has 0 aromatic carbocycles. The van der Waals surface area contributed by atoms with Gasteiger partial charge < -0.3 is 15.8 Å². The highest BCUT2D eigenvalue weighted by Crippen LogP contribution is 2.30. The number of aromatic nitrogens is 1. The zero-order valence-corrected chi connectivity index (χ0v) is 10.9. The topological polar surface area (TPSA) is 60.2 Å². The van der Waals surface area contributed by atoms with Gasteiger partial charge in [0.1, 0.15) is 10.8 Å². The zero-order chi connectivity index (χ0) is 11.8. The molecule has 0 aliphatic carbocycles. The van der Waals surface area contributed by atoms with Crippen molar-refractivity contribution in [3.63, 3.8) is 0 Å². The first-order valence-electron chi connectivity index (χ1n) is 5.60. The van der Waals surface area contributed by atoms with Gasteiger partial charge in [-0.3, -0.25) is 0 Å². The number of ether oxygens (including phenoxy) is 1. The molecule has 0 radical (unpaired) electrons. The minimum Gasteiger partial charge on any atom is -0.383 e. The van der Waals surface area contributed by atoms with Gasteiger partial charge in [-0.25, -0.2) is 0 Å². The molecule has 1 aromatic rings. The first-order valence-corrected chi connectivity index (χ1v) is 6.37. The van der Waals surface area contributed by atoms with Gasteiger partial charge in [-0.05, 0) is 45.1 Å². The van der Waals surface area contributed by atoms with Crippen LogP contribution in [0.5, 0.6) is 0 Å². The van der Waals surface area contributed by atoms with Crippen molar-refractivity contribution < 1.29 is 4.74 Å². The summed E-state index contributed by atoms with van der Waals surface area (Å²) in [5.41, 5.74) is 6.77. The number of nitrogen functional groups attached to an aromatic ring is 1. The molecule has 5 heteroatoms. The van der Waals surface area contributed by atoms with E-state index in [4.69, 9.17) is 10.5 Å². The van der Waals surface area contributed by atoms with Crippen LogP contribution in [0.1, 0.15) is 32.3 Å². The first kappa shape index (κ1) is 11.7. The maximum Gasteiger partial charge on any atom is 0.142 e. The molecule has 0 saturated carbocycles. The molecule has 2 rings (SSSR count). The molecule has 1 saturated heterocycles. The predicted molar refractivity (Wildman–Crippen MR) is 67.9 cm³/mol. The van der Waals surface area contributed by atoms with Crippen LogP contribution >= 0.6 is 11.5 Å². The lowest BCUT2D eigenvalue weighted by molar-refractivity contribution is -0.0552. The third kappa shape index (κ3) is 2.47. The summed E-state index contributed by atoms with van der Waals surface area (Å²) in [5, 5.41) is 4.62. The monoisotopic (exact) mass is 241 g/mol. The van der Waals surface area contributed by atoms with Gasteiger partial charge in [0.2, 0.25) is 0 Å². The van der Waals surface area contributed by atoms with Gasteiger partial charge in [0.25, 0.3) is 0 Å². The number of hydrogen-bond donors (Lipinski definition) is 2. The number of anilines is 2. The van der Waals surface area contributed by atoms with E-state index < -0.39 is 0 Å². The van der Waals surface area contributed by atoms with Crippen LogP contribution in [0, 0.1) is 6.92 Å². The normalized spacial score (nSPS) is 24.3. The Balaban J connectivity index is 2.02. The largest absolute Gasteiger partial charge is 0.383 e. The number of hydrogen-bond acceptors (Lipinski definition) is 5. The zero-order valence-electron chi connectivity index (χ0n) is 10.0. The van der Waals surface area contributed by atoms with Crippen LogP contribution in [-0.4, -0.2) is 22.6 Å². The molecule has 90 valence electrons. The summed E-state index contributed by atoms with van der Waals surface area (Å²) in [5.74, 6) is 0.638. The van der Waals surface area contributed by atoms with Crippen molar-refractivity contribution in [1.82, 2.24) is 4.37 Å². The molecule has 1 aromatic heterocycles. The van der Waals surface area contributed by atoms with Gasteiger partial charge in [0.05, 0.1) is 5.60 Å². The highest BCUT2D eigenvalue weighted by Gasteiger charge is 2.29. The lowest BCUT2D eigenvalue weighted by Crippen LogP contribution is -2.40. The fraction of sp³-hybridized carbons (Fsp3) is 0.727. The van der Waals surface area contributed by atoms with Crippen molar-refractivity contribution in [2.24, 2.45) is 0 Å². The molecule has 16 heavy (non-hydrogen) atoms. The maximum atomic E-state index is 5.73. The molecule has 2 heterocycles. The minimum atomic E-state index is -0.0277. The lowest BCUT2D eigenvalue weighted by atomic mass is 9.94. The van der Waals surface area contributed by atoms with E-state index in [0.717, 1.165) is 30.0 Å². The molecular formula is C11H19N3OS. The molecule has 1 aliphatic heterocycles. The summed E-state index contributed by atoms with van der Waals surface area (Å²) < 4.78 is 9.84. The standard InChI is InChI=1S/C11H19N3OS/c1-7-9(12)14-16-10(7)13-8-4-5-15-11(2,3)6-8/h8,13H,4-6H2,1-3H3,(H2,12,14). The van der Waals surface area contributed by atoms with Gasteiger partial charge in [-0.2, -0.15) is 4.37 Å². The maximum absolute atomic E-state index is 5.73. The molecule has 3 N–H and O–H groups in total. The Morgan fingerprint density at radius 3 is 2.88 bits per heavy atom.